The summed E-state index contributed by atoms with van der Waals surface area (Å²) >= 11 is -1.69. The van der Waals surface area contributed by atoms with Crippen LogP contribution < -0.4 is 0 Å². The molecule has 13 heavy (non-hydrogen) atoms. The second-order valence-corrected chi connectivity index (χ2v) is 20.7. The zero-order valence-corrected chi connectivity index (χ0v) is 11.7. The molecule has 0 heterocycles. The SMILES string of the molecule is [CH3][Sn]([CH3])([CH3])[CH]1CCc2ccccc21. The molecule has 0 nitrogen and oxygen atoms in total. The zero-order chi connectivity index (χ0) is 9.47. The first kappa shape index (κ1) is 9.57. The molecule has 1 unspecified atom stereocenters. The number of fused-ring (bicyclic) bond motifs is 1. The molecule has 0 saturated carbocycles. The molecule has 1 aliphatic carbocycles. The van der Waals surface area contributed by atoms with Crippen molar-refractivity contribution < 1.29 is 0 Å². The van der Waals surface area contributed by atoms with Crippen LogP contribution in [-0.2, 0) is 6.42 Å². The number of aryl methyl sites for hydroxylation is 1. The quantitative estimate of drug-likeness (QED) is 0.690. The Morgan fingerprint density at radius 2 is 1.85 bits per heavy atom. The summed E-state index contributed by atoms with van der Waals surface area (Å²) in [5.74, 6) is 0. The van der Waals surface area contributed by atoms with E-state index in [1.165, 1.54) is 12.8 Å². The Hall–Kier alpha value is 0.0187. The number of rotatable bonds is 1. The predicted molar refractivity (Wildman–Crippen MR) is 60.9 cm³/mol. The van der Waals surface area contributed by atoms with E-state index in [0.717, 1.165) is 3.93 Å². The van der Waals surface area contributed by atoms with E-state index in [-0.39, 0.29) is 0 Å². The fourth-order valence-corrected chi connectivity index (χ4v) is 8.81. The van der Waals surface area contributed by atoms with Crippen molar-refractivity contribution >= 4 is 18.4 Å². The second kappa shape index (κ2) is 3.30. The van der Waals surface area contributed by atoms with Crippen molar-refractivity contribution in [2.45, 2.75) is 31.6 Å². The van der Waals surface area contributed by atoms with Gasteiger partial charge in [-0.15, -0.1) is 0 Å². The molecule has 0 N–H and O–H groups in total. The summed E-state index contributed by atoms with van der Waals surface area (Å²) < 4.78 is 0.977. The van der Waals surface area contributed by atoms with Gasteiger partial charge in [0.25, 0.3) is 0 Å². The van der Waals surface area contributed by atoms with Gasteiger partial charge in [-0.3, -0.25) is 0 Å². The van der Waals surface area contributed by atoms with Crippen molar-refractivity contribution in [3.63, 3.8) is 0 Å². The molecule has 0 amide bonds. The first-order valence-corrected chi connectivity index (χ1v) is 15.4. The van der Waals surface area contributed by atoms with Gasteiger partial charge < -0.3 is 0 Å². The van der Waals surface area contributed by atoms with E-state index >= 15 is 0 Å². The molecule has 0 aromatic heterocycles. The summed E-state index contributed by atoms with van der Waals surface area (Å²) in [7, 11) is 0. The second-order valence-electron chi connectivity index (χ2n) is 5.16. The number of hydrogen-bond acceptors (Lipinski definition) is 0. The van der Waals surface area contributed by atoms with Crippen LogP contribution in [0.4, 0.5) is 0 Å². The molecule has 1 aromatic rings. The van der Waals surface area contributed by atoms with Gasteiger partial charge in [-0.2, -0.15) is 0 Å². The molecule has 1 aromatic carbocycles. The molecular formula is C12H18Sn. The van der Waals surface area contributed by atoms with Crippen LogP contribution in [0.1, 0.15) is 21.5 Å². The Morgan fingerprint density at radius 3 is 2.54 bits per heavy atom. The van der Waals surface area contributed by atoms with Gasteiger partial charge in [-0.1, -0.05) is 0 Å². The molecule has 0 spiro atoms. The van der Waals surface area contributed by atoms with Crippen LogP contribution in [0.25, 0.3) is 0 Å². The fourth-order valence-electron chi connectivity index (χ4n) is 2.46. The third-order valence-electron chi connectivity index (χ3n) is 3.18. The van der Waals surface area contributed by atoms with Crippen LogP contribution in [-0.4, -0.2) is 18.4 Å². The van der Waals surface area contributed by atoms with Crippen LogP contribution in [0.2, 0.25) is 14.8 Å². The van der Waals surface area contributed by atoms with Crippen molar-refractivity contribution in [3.05, 3.63) is 35.4 Å². The van der Waals surface area contributed by atoms with Crippen LogP contribution in [0.5, 0.6) is 0 Å². The van der Waals surface area contributed by atoms with Crippen LogP contribution in [0, 0.1) is 0 Å². The third kappa shape index (κ3) is 1.78. The number of benzene rings is 1. The van der Waals surface area contributed by atoms with E-state index < -0.39 is 18.4 Å². The Morgan fingerprint density at radius 1 is 1.15 bits per heavy atom. The van der Waals surface area contributed by atoms with Gasteiger partial charge in [0.05, 0.1) is 0 Å². The van der Waals surface area contributed by atoms with Crippen molar-refractivity contribution in [1.82, 2.24) is 0 Å². The molecule has 1 aliphatic rings. The molecule has 0 fully saturated rings. The van der Waals surface area contributed by atoms with Gasteiger partial charge in [0, 0.05) is 0 Å². The first-order chi connectivity index (χ1) is 6.09. The molecule has 1 atom stereocenters. The molecule has 0 aliphatic heterocycles. The van der Waals surface area contributed by atoms with Gasteiger partial charge in [-0.05, 0) is 0 Å². The van der Waals surface area contributed by atoms with Crippen molar-refractivity contribution in [2.75, 3.05) is 0 Å². The van der Waals surface area contributed by atoms with Crippen LogP contribution in [0.3, 0.4) is 0 Å². The Balaban J connectivity index is 2.39. The molecule has 0 bridgehead atoms. The number of hydrogen-bond donors (Lipinski definition) is 0. The monoisotopic (exact) mass is 282 g/mol. The van der Waals surface area contributed by atoms with E-state index in [0.29, 0.717) is 0 Å². The summed E-state index contributed by atoms with van der Waals surface area (Å²) in [5, 5.41) is 0. The molecule has 0 saturated heterocycles. The molecule has 2 rings (SSSR count). The summed E-state index contributed by atoms with van der Waals surface area (Å²) in [6.45, 7) is 0. The molecular weight excluding hydrogens is 263 g/mol. The van der Waals surface area contributed by atoms with E-state index in [1.54, 1.807) is 11.1 Å². The maximum atomic E-state index is 2.56. The van der Waals surface area contributed by atoms with Gasteiger partial charge in [0.2, 0.25) is 0 Å². The standard InChI is InChI=1S/C9H9.3CH3.Sn/c1-2-5-9-7-3-6-8(9)4-1;;;;/h1-2,4-6H,3,7H2;3*1H3;. The third-order valence-corrected chi connectivity index (χ3v) is 10.9. The summed E-state index contributed by atoms with van der Waals surface area (Å²) in [5.41, 5.74) is 3.31. The van der Waals surface area contributed by atoms with Gasteiger partial charge >= 0.3 is 85.4 Å². The minimum absolute atomic E-state index is 0.977. The summed E-state index contributed by atoms with van der Waals surface area (Å²) in [4.78, 5) is 7.67. The Bertz CT molecular complexity index is 309. The van der Waals surface area contributed by atoms with Crippen LogP contribution in [0.15, 0.2) is 24.3 Å². The van der Waals surface area contributed by atoms with Gasteiger partial charge in [-0.25, -0.2) is 0 Å². The van der Waals surface area contributed by atoms with Crippen LogP contribution >= 0.6 is 0 Å². The molecule has 1 heteroatoms. The van der Waals surface area contributed by atoms with E-state index in [2.05, 4.69) is 39.1 Å². The fraction of sp³-hybridized carbons (Fsp3) is 0.500. The zero-order valence-electron chi connectivity index (χ0n) is 8.80. The maximum absolute atomic E-state index is 2.56. The van der Waals surface area contributed by atoms with Gasteiger partial charge in [0.1, 0.15) is 0 Å². The average molecular weight is 281 g/mol. The summed E-state index contributed by atoms with van der Waals surface area (Å²) in [6.07, 6.45) is 2.76. The van der Waals surface area contributed by atoms with Crippen molar-refractivity contribution in [2.24, 2.45) is 0 Å². The Labute approximate surface area is 85.2 Å². The summed E-state index contributed by atoms with van der Waals surface area (Å²) in [6, 6.07) is 9.05. The van der Waals surface area contributed by atoms with Crippen molar-refractivity contribution in [3.8, 4) is 0 Å². The van der Waals surface area contributed by atoms with Gasteiger partial charge in [0.15, 0.2) is 0 Å². The molecule has 70 valence electrons. The Kier molecular flexibility index (Phi) is 2.43. The normalized spacial score (nSPS) is 21.6. The van der Waals surface area contributed by atoms with E-state index in [4.69, 9.17) is 0 Å². The minimum atomic E-state index is -1.69. The van der Waals surface area contributed by atoms with Crippen molar-refractivity contribution in [1.29, 1.82) is 0 Å². The van der Waals surface area contributed by atoms with E-state index in [1.807, 2.05) is 0 Å². The van der Waals surface area contributed by atoms with E-state index in [9.17, 15) is 0 Å². The predicted octanol–water partition coefficient (Wildman–Crippen LogP) is 3.59. The average Bonchev–Trinajstić information content (AvgIpc) is 2.45. The molecule has 0 radical (unpaired) electrons. The first-order valence-electron chi connectivity index (χ1n) is 5.17. The topological polar surface area (TPSA) is 0 Å².